The number of ether oxygens (including phenoxy) is 1. The van der Waals surface area contributed by atoms with Gasteiger partial charge in [-0.05, 0) is 20.8 Å². The van der Waals surface area contributed by atoms with Crippen LogP contribution in [-0.4, -0.2) is 54.6 Å². The zero-order valence-electron chi connectivity index (χ0n) is 11.6. The van der Waals surface area contributed by atoms with E-state index in [9.17, 15) is 13.2 Å². The molecule has 8 heteroatoms. The molecule has 2 rings (SSSR count). The zero-order chi connectivity index (χ0) is 15.1. The molecule has 112 valence electrons. The van der Waals surface area contributed by atoms with Crippen molar-refractivity contribution in [1.29, 1.82) is 0 Å². The average Bonchev–Trinajstić information content (AvgIpc) is 2.65. The Bertz CT molecular complexity index is 635. The number of H-pyrrole nitrogens is 1. The Morgan fingerprint density at radius 3 is 2.60 bits per heavy atom. The summed E-state index contributed by atoms with van der Waals surface area (Å²) in [7, 11) is -3.73. The van der Waals surface area contributed by atoms with E-state index in [1.807, 2.05) is 0 Å². The smallest absolute Gasteiger partial charge is 0.352 e. The lowest BCUT2D eigenvalue weighted by Gasteiger charge is -2.32. The van der Waals surface area contributed by atoms with Crippen molar-refractivity contribution in [2.45, 2.75) is 31.7 Å². The Morgan fingerprint density at radius 2 is 2.10 bits per heavy atom. The van der Waals surface area contributed by atoms with E-state index in [1.165, 1.54) is 11.2 Å². The number of aromatic nitrogens is 1. The normalized spacial score (nSPS) is 21.1. The largest absolute Gasteiger partial charge is 0.477 e. The van der Waals surface area contributed by atoms with E-state index in [0.29, 0.717) is 18.9 Å². The lowest BCUT2D eigenvalue weighted by Crippen LogP contribution is -2.47. The molecule has 1 aliphatic rings. The molecule has 0 radical (unpaired) electrons. The van der Waals surface area contributed by atoms with Crippen LogP contribution in [0.25, 0.3) is 0 Å². The van der Waals surface area contributed by atoms with Crippen LogP contribution in [0, 0.1) is 13.8 Å². The summed E-state index contributed by atoms with van der Waals surface area (Å²) in [6, 6.07) is -0.268. The number of hydrogen-bond donors (Lipinski definition) is 2. The van der Waals surface area contributed by atoms with Gasteiger partial charge in [0.15, 0.2) is 0 Å². The summed E-state index contributed by atoms with van der Waals surface area (Å²) >= 11 is 0. The van der Waals surface area contributed by atoms with Gasteiger partial charge in [0.1, 0.15) is 10.6 Å². The van der Waals surface area contributed by atoms with Gasteiger partial charge in [-0.3, -0.25) is 0 Å². The second-order valence-corrected chi connectivity index (χ2v) is 6.75. The van der Waals surface area contributed by atoms with Crippen molar-refractivity contribution < 1.29 is 23.1 Å². The van der Waals surface area contributed by atoms with Crippen molar-refractivity contribution in [2.24, 2.45) is 0 Å². The minimum absolute atomic E-state index is 0.0589. The summed E-state index contributed by atoms with van der Waals surface area (Å²) in [5, 5.41) is 9.07. The first-order chi connectivity index (χ1) is 9.26. The number of morpholine rings is 1. The molecule has 0 saturated carbocycles. The fourth-order valence-electron chi connectivity index (χ4n) is 2.52. The van der Waals surface area contributed by atoms with Crippen LogP contribution in [-0.2, 0) is 14.8 Å². The molecule has 0 aliphatic carbocycles. The van der Waals surface area contributed by atoms with E-state index in [2.05, 4.69) is 4.98 Å². The quantitative estimate of drug-likeness (QED) is 0.858. The lowest BCUT2D eigenvalue weighted by molar-refractivity contribution is 0.0392. The Balaban J connectivity index is 2.52. The number of aromatic amines is 1. The van der Waals surface area contributed by atoms with Gasteiger partial charge >= 0.3 is 5.97 Å². The van der Waals surface area contributed by atoms with Crippen LogP contribution in [0.3, 0.4) is 0 Å². The molecule has 0 amide bonds. The molecule has 1 aromatic heterocycles. The van der Waals surface area contributed by atoms with Gasteiger partial charge in [-0.25, -0.2) is 13.2 Å². The van der Waals surface area contributed by atoms with Crippen molar-refractivity contribution >= 4 is 16.0 Å². The van der Waals surface area contributed by atoms with E-state index in [-0.39, 0.29) is 28.7 Å². The molecule has 2 heterocycles. The van der Waals surface area contributed by atoms with Gasteiger partial charge in [0.25, 0.3) is 0 Å². The Labute approximate surface area is 117 Å². The highest BCUT2D eigenvalue weighted by Crippen LogP contribution is 2.28. The first-order valence-corrected chi connectivity index (χ1v) is 7.73. The SMILES string of the molecule is Cc1[nH]c(C(=O)O)c(C)c1S(=O)(=O)N1CCOC[C@H]1C. The third kappa shape index (κ3) is 2.34. The average molecular weight is 302 g/mol. The summed E-state index contributed by atoms with van der Waals surface area (Å²) in [6.45, 7) is 5.80. The molecule has 1 atom stereocenters. The van der Waals surface area contributed by atoms with Crippen LogP contribution in [0.2, 0.25) is 0 Å². The van der Waals surface area contributed by atoms with Crippen molar-refractivity contribution in [2.75, 3.05) is 19.8 Å². The molecular weight excluding hydrogens is 284 g/mol. The number of carbonyl (C=O) groups is 1. The second-order valence-electron chi connectivity index (χ2n) is 4.92. The van der Waals surface area contributed by atoms with Crippen LogP contribution in [0.15, 0.2) is 4.90 Å². The lowest BCUT2D eigenvalue weighted by atomic mass is 10.2. The van der Waals surface area contributed by atoms with E-state index < -0.39 is 16.0 Å². The minimum Gasteiger partial charge on any atom is -0.477 e. The predicted molar refractivity (Wildman–Crippen MR) is 71.4 cm³/mol. The highest BCUT2D eigenvalue weighted by atomic mass is 32.2. The van der Waals surface area contributed by atoms with Crippen molar-refractivity contribution in [3.8, 4) is 0 Å². The third-order valence-corrected chi connectivity index (χ3v) is 5.74. The second kappa shape index (κ2) is 5.19. The van der Waals surface area contributed by atoms with E-state index in [0.717, 1.165) is 0 Å². The van der Waals surface area contributed by atoms with Crippen LogP contribution in [0.4, 0.5) is 0 Å². The Kier molecular flexibility index (Phi) is 3.90. The molecule has 20 heavy (non-hydrogen) atoms. The minimum atomic E-state index is -3.73. The van der Waals surface area contributed by atoms with Crippen molar-refractivity contribution in [1.82, 2.24) is 9.29 Å². The number of hydrogen-bond acceptors (Lipinski definition) is 4. The Hall–Kier alpha value is -1.38. The summed E-state index contributed by atoms with van der Waals surface area (Å²) in [5.41, 5.74) is 0.509. The fourth-order valence-corrected chi connectivity index (χ4v) is 4.53. The monoisotopic (exact) mass is 302 g/mol. The standard InChI is InChI=1S/C12H18N2O5S/c1-7-6-19-5-4-14(7)20(17,18)11-8(2)10(12(15)16)13-9(11)3/h7,13H,4-6H2,1-3H3,(H,15,16)/t7-/m1/s1. The highest BCUT2D eigenvalue weighted by molar-refractivity contribution is 7.89. The van der Waals surface area contributed by atoms with Crippen LogP contribution in [0.1, 0.15) is 28.7 Å². The van der Waals surface area contributed by atoms with Crippen LogP contribution in [0.5, 0.6) is 0 Å². The number of sulfonamides is 1. The summed E-state index contributed by atoms with van der Waals surface area (Å²) < 4.78 is 32.1. The highest BCUT2D eigenvalue weighted by Gasteiger charge is 2.35. The molecule has 0 unspecified atom stereocenters. The third-order valence-electron chi connectivity index (χ3n) is 3.46. The van der Waals surface area contributed by atoms with Gasteiger partial charge in [0.2, 0.25) is 10.0 Å². The van der Waals surface area contributed by atoms with Gasteiger partial charge in [-0.15, -0.1) is 0 Å². The number of nitrogens with zero attached hydrogens (tertiary/aromatic N) is 1. The number of carboxylic acid groups (broad SMARTS) is 1. The van der Waals surface area contributed by atoms with Gasteiger partial charge in [-0.1, -0.05) is 0 Å². The first-order valence-electron chi connectivity index (χ1n) is 6.29. The van der Waals surface area contributed by atoms with Crippen molar-refractivity contribution in [3.63, 3.8) is 0 Å². The predicted octanol–water partition coefficient (Wildman–Crippen LogP) is 0.739. The first kappa shape index (κ1) is 15.0. The maximum atomic E-state index is 12.7. The maximum absolute atomic E-state index is 12.7. The number of aromatic carboxylic acids is 1. The molecule has 0 aromatic carbocycles. The summed E-state index contributed by atoms with van der Waals surface area (Å²) in [6.07, 6.45) is 0. The fraction of sp³-hybridized carbons (Fsp3) is 0.583. The molecule has 0 bridgehead atoms. The maximum Gasteiger partial charge on any atom is 0.352 e. The molecular formula is C12H18N2O5S. The Morgan fingerprint density at radius 1 is 1.45 bits per heavy atom. The molecule has 7 nitrogen and oxygen atoms in total. The topological polar surface area (TPSA) is 99.7 Å². The van der Waals surface area contributed by atoms with Crippen LogP contribution < -0.4 is 0 Å². The van der Waals surface area contributed by atoms with Gasteiger partial charge in [0.05, 0.1) is 13.2 Å². The number of nitrogens with one attached hydrogen (secondary N) is 1. The summed E-state index contributed by atoms with van der Waals surface area (Å²) in [5.74, 6) is -1.16. The molecule has 1 aromatic rings. The van der Waals surface area contributed by atoms with Crippen molar-refractivity contribution in [3.05, 3.63) is 17.0 Å². The van der Waals surface area contributed by atoms with Gasteiger partial charge in [0, 0.05) is 23.8 Å². The molecule has 2 N–H and O–H groups in total. The summed E-state index contributed by atoms with van der Waals surface area (Å²) in [4.78, 5) is 13.8. The van der Waals surface area contributed by atoms with Crippen LogP contribution >= 0.6 is 0 Å². The van der Waals surface area contributed by atoms with E-state index >= 15 is 0 Å². The van der Waals surface area contributed by atoms with Gasteiger partial charge in [-0.2, -0.15) is 4.31 Å². The van der Waals surface area contributed by atoms with E-state index in [1.54, 1.807) is 13.8 Å². The number of rotatable bonds is 3. The number of carboxylic acids is 1. The molecule has 1 aliphatic heterocycles. The van der Waals surface area contributed by atoms with Gasteiger partial charge < -0.3 is 14.8 Å². The molecule has 1 saturated heterocycles. The molecule has 1 fully saturated rings. The zero-order valence-corrected chi connectivity index (χ0v) is 12.5. The molecule has 0 spiro atoms. The number of aryl methyl sites for hydroxylation is 1. The van der Waals surface area contributed by atoms with E-state index in [4.69, 9.17) is 9.84 Å².